The van der Waals surface area contributed by atoms with Crippen LogP contribution in [0, 0.1) is 0 Å². The van der Waals surface area contributed by atoms with Crippen LogP contribution in [0.2, 0.25) is 0 Å². The summed E-state index contributed by atoms with van der Waals surface area (Å²) in [5.41, 5.74) is 0.747. The molecule has 1 aromatic carbocycles. The van der Waals surface area contributed by atoms with Gasteiger partial charge < -0.3 is 14.6 Å². The molecule has 0 spiro atoms. The molecule has 0 bridgehead atoms. The molecular formula is C18H19BrN4O2. The first-order valence-electron chi connectivity index (χ1n) is 7.76. The van der Waals surface area contributed by atoms with Crippen LogP contribution in [0.25, 0.3) is 10.9 Å². The van der Waals surface area contributed by atoms with Crippen LogP contribution >= 0.6 is 15.9 Å². The largest absolute Gasteiger partial charge is 0.495 e. The lowest BCUT2D eigenvalue weighted by atomic mass is 10.0. The zero-order valence-electron chi connectivity index (χ0n) is 14.5. The highest BCUT2D eigenvalue weighted by Gasteiger charge is 2.25. The molecule has 2 heterocycles. The van der Waals surface area contributed by atoms with Crippen molar-refractivity contribution in [3.8, 4) is 5.75 Å². The monoisotopic (exact) mass is 402 g/mol. The van der Waals surface area contributed by atoms with Crippen LogP contribution < -0.4 is 15.6 Å². The van der Waals surface area contributed by atoms with Gasteiger partial charge in [0.2, 0.25) is 0 Å². The van der Waals surface area contributed by atoms with Gasteiger partial charge in [-0.15, -0.1) is 0 Å². The van der Waals surface area contributed by atoms with E-state index in [-0.39, 0.29) is 5.56 Å². The van der Waals surface area contributed by atoms with Crippen LogP contribution in [0.1, 0.15) is 19.7 Å². The molecule has 6 nitrogen and oxygen atoms in total. The predicted octanol–water partition coefficient (Wildman–Crippen LogP) is 3.45. The number of aryl methyl sites for hydroxylation is 1. The zero-order valence-corrected chi connectivity index (χ0v) is 16.1. The summed E-state index contributed by atoms with van der Waals surface area (Å²) in [5.74, 6) is 1.27. The number of ether oxygens (including phenoxy) is 1. The van der Waals surface area contributed by atoms with Crippen molar-refractivity contribution in [3.63, 3.8) is 0 Å². The lowest BCUT2D eigenvalue weighted by Gasteiger charge is -2.27. The summed E-state index contributed by atoms with van der Waals surface area (Å²) in [5, 5.41) is 4.28. The molecule has 0 unspecified atom stereocenters. The third-order valence-electron chi connectivity index (χ3n) is 4.06. The zero-order chi connectivity index (χ0) is 18.2. The number of benzene rings is 1. The summed E-state index contributed by atoms with van der Waals surface area (Å²) in [7, 11) is 3.32. The van der Waals surface area contributed by atoms with E-state index in [0.29, 0.717) is 17.3 Å². The Labute approximate surface area is 154 Å². The fourth-order valence-corrected chi connectivity index (χ4v) is 3.24. The molecule has 3 aromatic rings. The number of hydrogen-bond donors (Lipinski definition) is 1. The molecule has 130 valence electrons. The van der Waals surface area contributed by atoms with E-state index in [1.54, 1.807) is 43.3 Å². The van der Waals surface area contributed by atoms with Gasteiger partial charge in [0, 0.05) is 41.1 Å². The third kappa shape index (κ3) is 3.24. The van der Waals surface area contributed by atoms with Crippen LogP contribution in [-0.2, 0) is 12.6 Å². The number of anilines is 1. The van der Waals surface area contributed by atoms with Gasteiger partial charge >= 0.3 is 0 Å². The normalized spacial score (nSPS) is 11.6. The summed E-state index contributed by atoms with van der Waals surface area (Å²) in [4.78, 5) is 21.1. The minimum absolute atomic E-state index is 0.125. The maximum Gasteiger partial charge on any atom is 0.252 e. The maximum absolute atomic E-state index is 12.5. The molecule has 0 fully saturated rings. The number of pyridine rings is 1. The number of halogens is 1. The summed E-state index contributed by atoms with van der Waals surface area (Å²) >= 11 is 3.51. The smallest absolute Gasteiger partial charge is 0.252 e. The lowest BCUT2D eigenvalue weighted by molar-refractivity contribution is 0.417. The van der Waals surface area contributed by atoms with Crippen molar-refractivity contribution < 1.29 is 4.74 Å². The number of nitrogens with one attached hydrogen (secondary N) is 1. The Hall–Kier alpha value is -2.41. The summed E-state index contributed by atoms with van der Waals surface area (Å²) in [6.45, 7) is 3.95. The van der Waals surface area contributed by atoms with Crippen LogP contribution in [0.4, 0.5) is 5.69 Å². The summed E-state index contributed by atoms with van der Waals surface area (Å²) in [6.07, 6.45) is 3.40. The van der Waals surface area contributed by atoms with E-state index in [9.17, 15) is 4.79 Å². The molecule has 0 aliphatic heterocycles. The van der Waals surface area contributed by atoms with Gasteiger partial charge in [0.1, 0.15) is 5.75 Å². The number of fused-ring (bicyclic) bond motifs is 1. The summed E-state index contributed by atoms with van der Waals surface area (Å²) < 4.78 is 7.92. The summed E-state index contributed by atoms with van der Waals surface area (Å²) in [6, 6.07) is 7.16. The fraction of sp³-hybridized carbons (Fsp3) is 0.278. The lowest BCUT2D eigenvalue weighted by Crippen LogP contribution is -2.31. The minimum atomic E-state index is -0.559. The van der Waals surface area contributed by atoms with Gasteiger partial charge in [0.05, 0.1) is 18.2 Å². The number of nitrogens with zero attached hydrogens (tertiary/aromatic N) is 3. The maximum atomic E-state index is 12.5. The molecule has 2 aromatic heterocycles. The molecule has 0 aliphatic rings. The molecule has 0 saturated carbocycles. The Morgan fingerprint density at radius 1 is 1.20 bits per heavy atom. The average Bonchev–Trinajstić information content (AvgIpc) is 2.59. The SMILES string of the molecule is COc1cc(Br)cc2c(NC(C)(C)c3ncccn3)cc(=O)n(C)c12. The van der Waals surface area contributed by atoms with Crippen molar-refractivity contribution in [2.75, 3.05) is 12.4 Å². The number of aromatic nitrogens is 3. The van der Waals surface area contributed by atoms with Crippen molar-refractivity contribution in [1.82, 2.24) is 14.5 Å². The van der Waals surface area contributed by atoms with E-state index in [2.05, 4.69) is 31.2 Å². The minimum Gasteiger partial charge on any atom is -0.495 e. The van der Waals surface area contributed by atoms with Gasteiger partial charge in [-0.1, -0.05) is 15.9 Å². The second-order valence-corrected chi connectivity index (χ2v) is 7.20. The topological polar surface area (TPSA) is 69.0 Å². The van der Waals surface area contributed by atoms with Crippen molar-refractivity contribution in [1.29, 1.82) is 0 Å². The number of methoxy groups -OCH3 is 1. The Morgan fingerprint density at radius 2 is 1.88 bits per heavy atom. The highest BCUT2D eigenvalue weighted by molar-refractivity contribution is 9.10. The second-order valence-electron chi connectivity index (χ2n) is 6.28. The van der Waals surface area contributed by atoms with Gasteiger partial charge in [-0.25, -0.2) is 9.97 Å². The van der Waals surface area contributed by atoms with Gasteiger partial charge in [0.25, 0.3) is 5.56 Å². The van der Waals surface area contributed by atoms with Crippen molar-refractivity contribution in [3.05, 3.63) is 57.3 Å². The number of rotatable bonds is 4. The molecule has 0 amide bonds. The van der Waals surface area contributed by atoms with Crippen LogP contribution in [-0.4, -0.2) is 21.6 Å². The van der Waals surface area contributed by atoms with Crippen molar-refractivity contribution in [2.24, 2.45) is 7.05 Å². The fourth-order valence-electron chi connectivity index (χ4n) is 2.81. The molecule has 25 heavy (non-hydrogen) atoms. The van der Waals surface area contributed by atoms with Crippen LogP contribution in [0.5, 0.6) is 5.75 Å². The molecule has 3 rings (SSSR count). The molecular weight excluding hydrogens is 384 g/mol. The molecule has 0 aliphatic carbocycles. The van der Waals surface area contributed by atoms with E-state index >= 15 is 0 Å². The Balaban J connectivity index is 2.22. The van der Waals surface area contributed by atoms with Gasteiger partial charge in [-0.2, -0.15) is 0 Å². The quantitative estimate of drug-likeness (QED) is 0.723. The standard InChI is InChI=1S/C18H19BrN4O2/c1-18(2,17-20-6-5-7-21-17)22-13-10-15(24)23(3)16-12(13)8-11(19)9-14(16)25-4/h5-10,22H,1-4H3. The number of hydrogen-bond acceptors (Lipinski definition) is 5. The van der Waals surface area contributed by atoms with Gasteiger partial charge in [0.15, 0.2) is 5.82 Å². The van der Waals surface area contributed by atoms with Crippen LogP contribution in [0.3, 0.4) is 0 Å². The van der Waals surface area contributed by atoms with E-state index in [4.69, 9.17) is 4.74 Å². The molecule has 0 saturated heterocycles. The Bertz CT molecular complexity index is 984. The highest BCUT2D eigenvalue weighted by atomic mass is 79.9. The predicted molar refractivity (Wildman–Crippen MR) is 102 cm³/mol. The molecule has 0 atom stereocenters. The Morgan fingerprint density at radius 3 is 2.52 bits per heavy atom. The van der Waals surface area contributed by atoms with Crippen molar-refractivity contribution in [2.45, 2.75) is 19.4 Å². The first-order valence-corrected chi connectivity index (χ1v) is 8.56. The first kappa shape index (κ1) is 17.4. The second kappa shape index (κ2) is 6.48. The van der Waals surface area contributed by atoms with Gasteiger partial charge in [-0.3, -0.25) is 4.79 Å². The van der Waals surface area contributed by atoms with E-state index in [1.807, 2.05) is 26.0 Å². The van der Waals surface area contributed by atoms with E-state index in [1.165, 1.54) is 0 Å². The van der Waals surface area contributed by atoms with E-state index in [0.717, 1.165) is 15.4 Å². The third-order valence-corrected chi connectivity index (χ3v) is 4.51. The average molecular weight is 403 g/mol. The Kier molecular flexibility index (Phi) is 4.51. The van der Waals surface area contributed by atoms with Crippen molar-refractivity contribution >= 4 is 32.5 Å². The van der Waals surface area contributed by atoms with E-state index < -0.39 is 5.54 Å². The van der Waals surface area contributed by atoms with Gasteiger partial charge in [-0.05, 0) is 32.0 Å². The molecule has 0 radical (unpaired) electrons. The first-order chi connectivity index (χ1) is 11.8. The van der Waals surface area contributed by atoms with Crippen LogP contribution in [0.15, 0.2) is 45.9 Å². The molecule has 1 N–H and O–H groups in total. The molecule has 7 heteroatoms. The highest BCUT2D eigenvalue weighted by Crippen LogP contribution is 2.35.